The molecule has 0 aromatic rings. The summed E-state index contributed by atoms with van der Waals surface area (Å²) in [5, 5.41) is 0. The molecule has 1 heterocycles. The van der Waals surface area contributed by atoms with Crippen LogP contribution >= 0.6 is 0 Å². The highest BCUT2D eigenvalue weighted by Crippen LogP contribution is 2.38. The van der Waals surface area contributed by atoms with Crippen molar-refractivity contribution in [1.82, 2.24) is 4.90 Å². The van der Waals surface area contributed by atoms with Gasteiger partial charge in [-0.15, -0.1) is 0 Å². The number of nitrogens with zero attached hydrogens (tertiary/aromatic N) is 1. The van der Waals surface area contributed by atoms with Crippen LogP contribution in [0.25, 0.3) is 0 Å². The Bertz CT molecular complexity index is 461. The molecule has 1 saturated heterocycles. The molecule has 0 aromatic heterocycles. The molecule has 1 aliphatic heterocycles. The van der Waals surface area contributed by atoms with Crippen molar-refractivity contribution in [3.05, 3.63) is 0 Å². The summed E-state index contributed by atoms with van der Waals surface area (Å²) < 4.78 is 10.8. The van der Waals surface area contributed by atoms with Crippen LogP contribution in [0, 0.1) is 11.8 Å². The van der Waals surface area contributed by atoms with Crippen molar-refractivity contribution in [1.29, 1.82) is 0 Å². The van der Waals surface area contributed by atoms with Gasteiger partial charge in [-0.25, -0.2) is 4.79 Å². The van der Waals surface area contributed by atoms with E-state index in [1.54, 1.807) is 0 Å². The Balaban J connectivity index is 1.41. The molecule has 0 bridgehead atoms. The van der Waals surface area contributed by atoms with Gasteiger partial charge in [0, 0.05) is 12.6 Å². The molecule has 1 amide bonds. The molecule has 5 heteroatoms. The number of hydrogen-bond donors (Lipinski definition) is 0. The molecule has 3 unspecified atom stereocenters. The number of rotatable bonds is 5. The lowest BCUT2D eigenvalue weighted by molar-refractivity contribution is -0.160. The van der Waals surface area contributed by atoms with Gasteiger partial charge in [0.1, 0.15) is 6.61 Å². The summed E-state index contributed by atoms with van der Waals surface area (Å²) in [6, 6.07) is 0.349. The van der Waals surface area contributed by atoms with Crippen LogP contribution in [0.2, 0.25) is 0 Å². The molecule has 0 spiro atoms. The van der Waals surface area contributed by atoms with E-state index in [0.717, 1.165) is 32.2 Å². The van der Waals surface area contributed by atoms with Crippen molar-refractivity contribution < 1.29 is 19.1 Å². The van der Waals surface area contributed by atoms with Gasteiger partial charge in [0.05, 0.1) is 6.10 Å². The van der Waals surface area contributed by atoms with Crippen molar-refractivity contribution >= 4 is 11.9 Å². The van der Waals surface area contributed by atoms with Crippen LogP contribution in [0.15, 0.2) is 0 Å². The van der Waals surface area contributed by atoms with Crippen molar-refractivity contribution in [3.8, 4) is 0 Å². The molecular weight excluding hydrogens is 318 g/mol. The number of carbonyl (C=O) groups is 2. The second-order valence-corrected chi connectivity index (χ2v) is 8.10. The van der Waals surface area contributed by atoms with Gasteiger partial charge in [0.15, 0.2) is 6.61 Å². The van der Waals surface area contributed by atoms with Crippen molar-refractivity contribution in [3.63, 3.8) is 0 Å². The molecule has 0 radical (unpaired) electrons. The fraction of sp³-hybridized carbons (Fsp3) is 0.900. The number of fused-ring (bicyclic) bond motifs is 1. The van der Waals surface area contributed by atoms with Gasteiger partial charge in [-0.3, -0.25) is 4.79 Å². The molecule has 5 nitrogen and oxygen atoms in total. The van der Waals surface area contributed by atoms with Crippen LogP contribution in [0.1, 0.15) is 71.1 Å². The minimum atomic E-state index is -0.413. The SMILES string of the molecule is CC1CCN(C(=O)COC(=O)COC2CCCCC2)C2CCCCC12. The van der Waals surface area contributed by atoms with Crippen LogP contribution in [0.3, 0.4) is 0 Å². The Morgan fingerprint density at radius 3 is 2.44 bits per heavy atom. The average Bonchev–Trinajstić information content (AvgIpc) is 2.66. The summed E-state index contributed by atoms with van der Waals surface area (Å²) in [4.78, 5) is 26.5. The first kappa shape index (κ1) is 18.7. The quantitative estimate of drug-likeness (QED) is 0.713. The Morgan fingerprint density at radius 2 is 1.64 bits per heavy atom. The lowest BCUT2D eigenvalue weighted by atomic mass is 9.72. The first-order valence-corrected chi connectivity index (χ1v) is 10.2. The highest BCUT2D eigenvalue weighted by molar-refractivity contribution is 5.81. The maximum Gasteiger partial charge on any atom is 0.332 e. The number of likely N-dealkylation sites (tertiary alicyclic amines) is 1. The summed E-state index contributed by atoms with van der Waals surface area (Å²) >= 11 is 0. The molecule has 3 atom stereocenters. The van der Waals surface area contributed by atoms with Gasteiger partial charge in [0.2, 0.25) is 0 Å². The molecule has 3 fully saturated rings. The van der Waals surface area contributed by atoms with Gasteiger partial charge < -0.3 is 14.4 Å². The largest absolute Gasteiger partial charge is 0.454 e. The predicted octanol–water partition coefficient (Wildman–Crippen LogP) is 3.31. The summed E-state index contributed by atoms with van der Waals surface area (Å²) in [7, 11) is 0. The second kappa shape index (κ2) is 9.02. The highest BCUT2D eigenvalue weighted by Gasteiger charge is 2.39. The van der Waals surface area contributed by atoms with Crippen LogP contribution in [-0.4, -0.2) is 48.7 Å². The Morgan fingerprint density at radius 1 is 0.920 bits per heavy atom. The second-order valence-electron chi connectivity index (χ2n) is 8.10. The number of esters is 1. The average molecular weight is 351 g/mol. The zero-order valence-electron chi connectivity index (χ0n) is 15.6. The van der Waals surface area contributed by atoms with Crippen LogP contribution in [-0.2, 0) is 19.1 Å². The molecule has 0 aromatic carbocycles. The van der Waals surface area contributed by atoms with E-state index in [1.165, 1.54) is 38.5 Å². The maximum absolute atomic E-state index is 12.6. The van der Waals surface area contributed by atoms with Gasteiger partial charge in [-0.2, -0.15) is 0 Å². The molecule has 2 saturated carbocycles. The molecular formula is C20H33NO4. The normalized spacial score (nSPS) is 30.6. The summed E-state index contributed by atoms with van der Waals surface area (Å²) in [5.74, 6) is 0.872. The lowest BCUT2D eigenvalue weighted by Crippen LogP contribution is -2.53. The first-order chi connectivity index (χ1) is 12.1. The zero-order chi connectivity index (χ0) is 17.6. The van der Waals surface area contributed by atoms with Crippen LogP contribution in [0.4, 0.5) is 0 Å². The predicted molar refractivity (Wildman–Crippen MR) is 95.0 cm³/mol. The Labute approximate surface area is 151 Å². The van der Waals surface area contributed by atoms with Crippen LogP contribution < -0.4 is 0 Å². The van der Waals surface area contributed by atoms with Crippen molar-refractivity contribution in [2.45, 2.75) is 83.3 Å². The monoisotopic (exact) mass is 351 g/mol. The fourth-order valence-corrected chi connectivity index (χ4v) is 4.91. The van der Waals surface area contributed by atoms with Crippen molar-refractivity contribution in [2.24, 2.45) is 11.8 Å². The van der Waals surface area contributed by atoms with Gasteiger partial charge >= 0.3 is 5.97 Å². The topological polar surface area (TPSA) is 55.8 Å². The van der Waals surface area contributed by atoms with E-state index in [9.17, 15) is 9.59 Å². The van der Waals surface area contributed by atoms with E-state index in [4.69, 9.17) is 9.47 Å². The number of carbonyl (C=O) groups excluding carboxylic acids is 2. The molecule has 3 rings (SSSR count). The van der Waals surface area contributed by atoms with Gasteiger partial charge in [-0.1, -0.05) is 39.0 Å². The molecule has 2 aliphatic carbocycles. The number of piperidine rings is 1. The number of ether oxygens (including phenoxy) is 2. The van der Waals surface area contributed by atoms with E-state index in [0.29, 0.717) is 17.9 Å². The lowest BCUT2D eigenvalue weighted by Gasteiger charge is -2.47. The minimum absolute atomic E-state index is 0.0268. The van der Waals surface area contributed by atoms with Gasteiger partial charge in [-0.05, 0) is 43.9 Å². The summed E-state index contributed by atoms with van der Waals surface area (Å²) in [5.41, 5.74) is 0. The van der Waals surface area contributed by atoms with E-state index in [1.807, 2.05) is 4.90 Å². The Kier molecular flexibility index (Phi) is 6.74. The third kappa shape index (κ3) is 4.96. The van der Waals surface area contributed by atoms with E-state index in [2.05, 4.69) is 6.92 Å². The highest BCUT2D eigenvalue weighted by atomic mass is 16.6. The number of hydrogen-bond acceptors (Lipinski definition) is 4. The van der Waals surface area contributed by atoms with E-state index >= 15 is 0 Å². The molecule has 0 N–H and O–H groups in total. The molecule has 3 aliphatic rings. The van der Waals surface area contributed by atoms with Gasteiger partial charge in [0.25, 0.3) is 5.91 Å². The molecule has 142 valence electrons. The molecule has 25 heavy (non-hydrogen) atoms. The van der Waals surface area contributed by atoms with E-state index in [-0.39, 0.29) is 25.2 Å². The zero-order valence-corrected chi connectivity index (χ0v) is 15.6. The Hall–Kier alpha value is -1.10. The van der Waals surface area contributed by atoms with E-state index < -0.39 is 5.97 Å². The fourth-order valence-electron chi connectivity index (χ4n) is 4.91. The third-order valence-corrected chi connectivity index (χ3v) is 6.40. The van der Waals surface area contributed by atoms with Crippen molar-refractivity contribution in [2.75, 3.05) is 19.8 Å². The minimum Gasteiger partial charge on any atom is -0.454 e. The summed E-state index contributed by atoms with van der Waals surface area (Å²) in [6.45, 7) is 2.95. The standard InChI is InChI=1S/C20H33NO4/c1-15-11-12-21(18-10-6-5-9-17(15)18)19(22)13-25-20(23)14-24-16-7-3-2-4-8-16/h15-18H,2-14H2,1H3. The first-order valence-electron chi connectivity index (χ1n) is 10.2. The smallest absolute Gasteiger partial charge is 0.332 e. The number of amides is 1. The maximum atomic E-state index is 12.6. The van der Waals surface area contributed by atoms with Crippen LogP contribution in [0.5, 0.6) is 0 Å². The summed E-state index contributed by atoms with van der Waals surface area (Å²) in [6.07, 6.45) is 11.7. The third-order valence-electron chi connectivity index (χ3n) is 6.40.